The van der Waals surface area contributed by atoms with E-state index in [1.165, 1.54) is 10.1 Å². The summed E-state index contributed by atoms with van der Waals surface area (Å²) in [6, 6.07) is 15.3. The first-order valence-electron chi connectivity index (χ1n) is 8.97. The fourth-order valence-electron chi connectivity index (χ4n) is 3.88. The Balaban J connectivity index is 1.56. The minimum absolute atomic E-state index is 0.0463. The third kappa shape index (κ3) is 2.51. The van der Waals surface area contributed by atoms with Gasteiger partial charge in [-0.25, -0.2) is 4.52 Å². The Morgan fingerprint density at radius 2 is 1.96 bits per heavy atom. The predicted octanol–water partition coefficient (Wildman–Crippen LogP) is 2.38. The monoisotopic (exact) mass is 359 g/mol. The van der Waals surface area contributed by atoms with Gasteiger partial charge in [0.15, 0.2) is 11.2 Å². The van der Waals surface area contributed by atoms with E-state index >= 15 is 0 Å². The van der Waals surface area contributed by atoms with Crippen LogP contribution in [0.2, 0.25) is 0 Å². The van der Waals surface area contributed by atoms with Crippen molar-refractivity contribution in [3.05, 3.63) is 75.7 Å². The predicted molar refractivity (Wildman–Crippen MR) is 101 cm³/mol. The Labute approximate surface area is 154 Å². The van der Waals surface area contributed by atoms with Gasteiger partial charge in [0.2, 0.25) is 0 Å². The van der Waals surface area contributed by atoms with Gasteiger partial charge in [0.1, 0.15) is 0 Å². The lowest BCUT2D eigenvalue weighted by molar-refractivity contribution is 0.0929. The average Bonchev–Trinajstić information content (AvgIpc) is 3.15. The summed E-state index contributed by atoms with van der Waals surface area (Å²) in [7, 11) is 0. The van der Waals surface area contributed by atoms with Crippen LogP contribution in [0.25, 0.3) is 16.6 Å². The lowest BCUT2D eigenvalue weighted by Gasteiger charge is -2.26. The molecule has 0 fully saturated rings. The molecular weight excluding hydrogens is 342 g/mol. The molecule has 0 bridgehead atoms. The summed E-state index contributed by atoms with van der Waals surface area (Å²) < 4.78 is 1.43. The van der Waals surface area contributed by atoms with E-state index in [1.807, 2.05) is 36.4 Å². The van der Waals surface area contributed by atoms with Gasteiger partial charge in [0, 0.05) is 0 Å². The van der Waals surface area contributed by atoms with Gasteiger partial charge in [-0.2, -0.15) is 0 Å². The number of H-pyrrole nitrogens is 1. The molecule has 1 atom stereocenters. The number of amides is 1. The first-order chi connectivity index (χ1) is 13.2. The van der Waals surface area contributed by atoms with Crippen LogP contribution < -0.4 is 10.9 Å². The molecule has 134 valence electrons. The molecule has 7 heteroatoms. The number of benzene rings is 2. The molecule has 5 rings (SSSR count). The molecule has 7 nitrogen and oxygen atoms in total. The Morgan fingerprint density at radius 3 is 2.89 bits per heavy atom. The average molecular weight is 359 g/mol. The van der Waals surface area contributed by atoms with Crippen LogP contribution in [0.4, 0.5) is 0 Å². The zero-order valence-electron chi connectivity index (χ0n) is 14.5. The van der Waals surface area contributed by atoms with E-state index in [9.17, 15) is 9.59 Å². The maximum absolute atomic E-state index is 12.9. The molecule has 2 aromatic carbocycles. The van der Waals surface area contributed by atoms with Crippen molar-refractivity contribution in [3.63, 3.8) is 0 Å². The van der Waals surface area contributed by atoms with Crippen molar-refractivity contribution in [3.8, 4) is 0 Å². The maximum Gasteiger partial charge on any atom is 0.277 e. The van der Waals surface area contributed by atoms with E-state index < -0.39 is 0 Å². The lowest BCUT2D eigenvalue weighted by Crippen LogP contribution is -2.32. The molecule has 27 heavy (non-hydrogen) atoms. The fourth-order valence-corrected chi connectivity index (χ4v) is 3.88. The van der Waals surface area contributed by atoms with Gasteiger partial charge in [0.25, 0.3) is 11.5 Å². The van der Waals surface area contributed by atoms with Crippen molar-refractivity contribution in [1.29, 1.82) is 0 Å². The SMILES string of the molecule is O=C(N[C@H]1CCCc2ccccc21)c1nnn2c1c(=O)[nH]c1ccccc12. The minimum Gasteiger partial charge on any atom is -0.344 e. The number of hydrogen-bond acceptors (Lipinski definition) is 4. The van der Waals surface area contributed by atoms with Crippen molar-refractivity contribution >= 4 is 22.5 Å². The number of rotatable bonds is 2. The molecule has 0 unspecified atom stereocenters. The topological polar surface area (TPSA) is 92.2 Å². The van der Waals surface area contributed by atoms with E-state index in [0.29, 0.717) is 11.0 Å². The van der Waals surface area contributed by atoms with Gasteiger partial charge in [-0.3, -0.25) is 9.59 Å². The van der Waals surface area contributed by atoms with E-state index in [4.69, 9.17) is 0 Å². The van der Waals surface area contributed by atoms with Crippen molar-refractivity contribution in [2.75, 3.05) is 0 Å². The van der Waals surface area contributed by atoms with Crippen LogP contribution in [-0.4, -0.2) is 25.7 Å². The standard InChI is InChI=1S/C20H17N5O2/c26-19(21-14-10-5-7-12-6-1-2-8-13(12)14)17-18-20(27)22-15-9-3-4-11-16(15)25(18)24-23-17/h1-4,6,8-9,11,14H,5,7,10H2,(H,21,26)(H,22,27)/t14-/m0/s1. The molecule has 0 radical (unpaired) electrons. The zero-order chi connectivity index (χ0) is 18.4. The lowest BCUT2D eigenvalue weighted by atomic mass is 9.87. The second-order valence-electron chi connectivity index (χ2n) is 6.79. The van der Waals surface area contributed by atoms with Gasteiger partial charge in [-0.05, 0) is 42.5 Å². The van der Waals surface area contributed by atoms with Gasteiger partial charge >= 0.3 is 0 Å². The molecule has 0 aliphatic heterocycles. The number of carbonyl (C=O) groups is 1. The molecule has 1 aliphatic rings. The molecule has 4 aromatic rings. The highest BCUT2D eigenvalue weighted by Crippen LogP contribution is 2.29. The van der Waals surface area contributed by atoms with Gasteiger partial charge < -0.3 is 10.3 Å². The van der Waals surface area contributed by atoms with Crippen LogP contribution in [0.3, 0.4) is 0 Å². The summed E-state index contributed by atoms with van der Waals surface area (Å²) in [5.41, 5.74) is 3.56. The quantitative estimate of drug-likeness (QED) is 0.575. The van der Waals surface area contributed by atoms with Gasteiger partial charge in [-0.15, -0.1) is 5.10 Å². The number of aryl methyl sites for hydroxylation is 1. The smallest absolute Gasteiger partial charge is 0.277 e. The summed E-state index contributed by atoms with van der Waals surface area (Å²) in [4.78, 5) is 28.2. The van der Waals surface area contributed by atoms with Gasteiger partial charge in [-0.1, -0.05) is 41.6 Å². The minimum atomic E-state index is -0.382. The van der Waals surface area contributed by atoms with E-state index in [0.717, 1.165) is 24.8 Å². The van der Waals surface area contributed by atoms with Crippen molar-refractivity contribution < 1.29 is 4.79 Å². The molecular formula is C20H17N5O2. The number of nitrogens with one attached hydrogen (secondary N) is 2. The number of nitrogens with zero attached hydrogens (tertiary/aromatic N) is 3. The summed E-state index contributed by atoms with van der Waals surface area (Å²) in [6.45, 7) is 0. The number of aromatic amines is 1. The number of aromatic nitrogens is 4. The largest absolute Gasteiger partial charge is 0.344 e. The molecule has 0 spiro atoms. The molecule has 1 aliphatic carbocycles. The summed E-state index contributed by atoms with van der Waals surface area (Å²) in [5, 5.41) is 11.1. The van der Waals surface area contributed by atoms with E-state index in [-0.39, 0.29) is 28.7 Å². The van der Waals surface area contributed by atoms with Crippen molar-refractivity contribution in [2.45, 2.75) is 25.3 Å². The number of hydrogen-bond donors (Lipinski definition) is 2. The third-order valence-corrected chi connectivity index (χ3v) is 5.16. The molecule has 0 saturated carbocycles. The second kappa shape index (κ2) is 6.05. The number of fused-ring (bicyclic) bond motifs is 4. The molecule has 2 heterocycles. The summed E-state index contributed by atoms with van der Waals surface area (Å²) >= 11 is 0. The first-order valence-corrected chi connectivity index (χ1v) is 8.97. The zero-order valence-corrected chi connectivity index (χ0v) is 14.5. The molecule has 2 aromatic heterocycles. The summed E-state index contributed by atoms with van der Waals surface area (Å²) in [5.74, 6) is -0.382. The number of para-hydroxylation sites is 2. The van der Waals surface area contributed by atoms with Crippen LogP contribution in [-0.2, 0) is 6.42 Å². The van der Waals surface area contributed by atoms with Crippen LogP contribution in [0.1, 0.15) is 40.5 Å². The van der Waals surface area contributed by atoms with Crippen LogP contribution in [0.15, 0.2) is 53.3 Å². The molecule has 2 N–H and O–H groups in total. The summed E-state index contributed by atoms with van der Waals surface area (Å²) in [6.07, 6.45) is 2.89. The fraction of sp³-hybridized carbons (Fsp3) is 0.200. The van der Waals surface area contributed by atoms with Crippen molar-refractivity contribution in [1.82, 2.24) is 25.1 Å². The Bertz CT molecular complexity index is 1240. The number of carbonyl (C=O) groups excluding carboxylic acids is 1. The maximum atomic E-state index is 12.9. The van der Waals surface area contributed by atoms with Crippen molar-refractivity contribution in [2.24, 2.45) is 0 Å². The van der Waals surface area contributed by atoms with Gasteiger partial charge in [0.05, 0.1) is 17.1 Å². The molecule has 0 saturated heterocycles. The third-order valence-electron chi connectivity index (χ3n) is 5.16. The Hall–Kier alpha value is -3.48. The molecule has 1 amide bonds. The highest BCUT2D eigenvalue weighted by Gasteiger charge is 2.25. The normalized spacial score (nSPS) is 16.4. The van der Waals surface area contributed by atoms with E-state index in [1.54, 1.807) is 6.07 Å². The highest BCUT2D eigenvalue weighted by molar-refractivity contribution is 5.99. The second-order valence-corrected chi connectivity index (χ2v) is 6.79. The van der Waals surface area contributed by atoms with Crippen LogP contribution in [0.5, 0.6) is 0 Å². The van der Waals surface area contributed by atoms with Crippen LogP contribution in [0, 0.1) is 0 Å². The van der Waals surface area contributed by atoms with Crippen LogP contribution >= 0.6 is 0 Å². The Morgan fingerprint density at radius 1 is 1.15 bits per heavy atom. The Kier molecular flexibility index (Phi) is 3.53. The highest BCUT2D eigenvalue weighted by atomic mass is 16.2. The first kappa shape index (κ1) is 15.7. The van der Waals surface area contributed by atoms with E-state index in [2.05, 4.69) is 26.7 Å².